The third-order valence-electron chi connectivity index (χ3n) is 3.95. The molecule has 0 saturated heterocycles. The molecule has 120 valence electrons. The molecule has 2 unspecified atom stereocenters. The number of benzene rings is 1. The lowest BCUT2D eigenvalue weighted by Gasteiger charge is -2.20. The fourth-order valence-electron chi connectivity index (χ4n) is 2.50. The summed E-state index contributed by atoms with van der Waals surface area (Å²) in [6.07, 6.45) is 7.69. The molecule has 0 bridgehead atoms. The van der Waals surface area contributed by atoms with Crippen LogP contribution in [0.4, 0.5) is 0 Å². The molecule has 0 amide bonds. The molecule has 2 atom stereocenters. The van der Waals surface area contributed by atoms with Gasteiger partial charge in [0.15, 0.2) is 0 Å². The molecule has 2 nitrogen and oxygen atoms in total. The van der Waals surface area contributed by atoms with Crippen molar-refractivity contribution < 1.29 is 0 Å². The van der Waals surface area contributed by atoms with Crippen LogP contribution in [0, 0.1) is 0 Å². The van der Waals surface area contributed by atoms with Gasteiger partial charge < -0.3 is 0 Å². The number of fused-ring (bicyclic) bond motifs is 1. The van der Waals surface area contributed by atoms with E-state index in [-0.39, 0.29) is 15.8 Å². The van der Waals surface area contributed by atoms with Gasteiger partial charge in [0.05, 0.1) is 21.9 Å². The van der Waals surface area contributed by atoms with Crippen molar-refractivity contribution in [2.45, 2.75) is 39.5 Å². The van der Waals surface area contributed by atoms with E-state index in [1.165, 1.54) is 48.9 Å². The summed E-state index contributed by atoms with van der Waals surface area (Å²) in [4.78, 5) is 10.1. The van der Waals surface area contributed by atoms with E-state index in [0.29, 0.717) is 0 Å². The van der Waals surface area contributed by atoms with Gasteiger partial charge in [0, 0.05) is 0 Å². The monoisotopic (exact) mass is 334 g/mol. The quantitative estimate of drug-likeness (QED) is 0.654. The second-order valence-corrected chi connectivity index (χ2v) is 10.4. The van der Waals surface area contributed by atoms with Crippen LogP contribution in [0.5, 0.6) is 0 Å². The van der Waals surface area contributed by atoms with Gasteiger partial charge in [-0.05, 0) is 50.6 Å². The fraction of sp³-hybridized carbons (Fsp3) is 0.556. The van der Waals surface area contributed by atoms with Crippen molar-refractivity contribution in [1.82, 2.24) is 9.97 Å². The first-order chi connectivity index (χ1) is 10.7. The molecule has 0 N–H and O–H groups in total. The van der Waals surface area contributed by atoms with Crippen molar-refractivity contribution in [3.8, 4) is 0 Å². The first-order valence-electron chi connectivity index (χ1n) is 8.36. The average molecular weight is 334 g/mol. The SMILES string of the molecule is CCCCP(C)c1nc2ccccc2nc1P(C)CCCC. The largest absolute Gasteiger partial charge is 0.244 e. The number of unbranched alkanes of at least 4 members (excludes halogenated alkanes) is 2. The van der Waals surface area contributed by atoms with Gasteiger partial charge in [-0.1, -0.05) is 54.7 Å². The lowest BCUT2D eigenvalue weighted by atomic mass is 10.3. The highest BCUT2D eigenvalue weighted by molar-refractivity contribution is 7.70. The molecule has 0 radical (unpaired) electrons. The molecule has 2 rings (SSSR count). The van der Waals surface area contributed by atoms with Crippen molar-refractivity contribution in [2.75, 3.05) is 25.7 Å². The van der Waals surface area contributed by atoms with Crippen LogP contribution in [0.15, 0.2) is 24.3 Å². The molecule has 0 aliphatic carbocycles. The van der Waals surface area contributed by atoms with Gasteiger partial charge in [0.25, 0.3) is 0 Å². The summed E-state index contributed by atoms with van der Waals surface area (Å²) in [5.41, 5.74) is 4.77. The van der Waals surface area contributed by atoms with E-state index in [0.717, 1.165) is 11.0 Å². The molecule has 22 heavy (non-hydrogen) atoms. The Kier molecular flexibility index (Phi) is 7.19. The molecule has 1 aromatic heterocycles. The maximum atomic E-state index is 5.04. The van der Waals surface area contributed by atoms with Gasteiger partial charge in [0.1, 0.15) is 0 Å². The smallest absolute Gasteiger partial charge is 0.0895 e. The zero-order valence-electron chi connectivity index (χ0n) is 14.3. The number of rotatable bonds is 8. The highest BCUT2D eigenvalue weighted by Crippen LogP contribution is 2.36. The highest BCUT2D eigenvalue weighted by atomic mass is 31.1. The van der Waals surface area contributed by atoms with Crippen LogP contribution in [0.3, 0.4) is 0 Å². The van der Waals surface area contributed by atoms with E-state index in [1.807, 2.05) is 0 Å². The summed E-state index contributed by atoms with van der Waals surface area (Å²) in [6.45, 7) is 9.31. The van der Waals surface area contributed by atoms with E-state index in [1.54, 1.807) is 0 Å². The van der Waals surface area contributed by atoms with E-state index < -0.39 is 0 Å². The standard InChI is InChI=1S/C18H28N2P2/c1-5-7-13-21(3)17-18(22(4)14-8-6-2)20-16-12-10-9-11-15(16)19-17/h9-12H,5-8,13-14H2,1-4H3. The molecule has 1 heterocycles. The second-order valence-electron chi connectivity index (χ2n) is 5.91. The van der Waals surface area contributed by atoms with E-state index in [9.17, 15) is 0 Å². The van der Waals surface area contributed by atoms with E-state index in [2.05, 4.69) is 51.4 Å². The maximum absolute atomic E-state index is 5.04. The highest BCUT2D eigenvalue weighted by Gasteiger charge is 2.19. The molecule has 0 spiro atoms. The lowest BCUT2D eigenvalue weighted by molar-refractivity contribution is 0.892. The van der Waals surface area contributed by atoms with Crippen LogP contribution in [0.25, 0.3) is 11.0 Å². The normalized spacial score (nSPS) is 14.2. The Morgan fingerprint density at radius 1 is 0.773 bits per heavy atom. The summed E-state index contributed by atoms with van der Waals surface area (Å²) in [5.74, 6) is 0. The van der Waals surface area contributed by atoms with Crippen molar-refractivity contribution >= 4 is 37.7 Å². The molecular formula is C18H28N2P2. The van der Waals surface area contributed by atoms with Gasteiger partial charge in [-0.3, -0.25) is 0 Å². The lowest BCUT2D eigenvalue weighted by Crippen LogP contribution is -2.29. The van der Waals surface area contributed by atoms with Crippen molar-refractivity contribution in [1.29, 1.82) is 0 Å². The first kappa shape index (κ1) is 17.8. The van der Waals surface area contributed by atoms with Crippen molar-refractivity contribution in [3.63, 3.8) is 0 Å². The Bertz CT molecular complexity index is 548. The Morgan fingerprint density at radius 3 is 1.55 bits per heavy atom. The Hall–Kier alpha value is -0.580. The molecule has 1 aromatic carbocycles. The molecule has 4 heteroatoms. The number of hydrogen-bond acceptors (Lipinski definition) is 2. The van der Waals surface area contributed by atoms with Gasteiger partial charge in [-0.25, -0.2) is 9.97 Å². The number of hydrogen-bond donors (Lipinski definition) is 0. The number of aromatic nitrogens is 2. The van der Waals surface area contributed by atoms with Crippen LogP contribution in [-0.4, -0.2) is 35.6 Å². The summed E-state index contributed by atoms with van der Waals surface area (Å²) in [7, 11) is -0.361. The minimum atomic E-state index is -0.180. The van der Waals surface area contributed by atoms with E-state index >= 15 is 0 Å². The minimum absolute atomic E-state index is 0.180. The van der Waals surface area contributed by atoms with Crippen LogP contribution in [0.2, 0.25) is 0 Å². The molecule has 2 aromatic rings. The predicted molar refractivity (Wildman–Crippen MR) is 104 cm³/mol. The topological polar surface area (TPSA) is 25.8 Å². The van der Waals surface area contributed by atoms with Crippen molar-refractivity contribution in [3.05, 3.63) is 24.3 Å². The van der Waals surface area contributed by atoms with E-state index in [4.69, 9.17) is 9.97 Å². The first-order valence-corrected chi connectivity index (χ1v) is 12.3. The summed E-state index contributed by atoms with van der Waals surface area (Å²) < 4.78 is 0. The molecule has 0 saturated carbocycles. The summed E-state index contributed by atoms with van der Waals surface area (Å²) in [5, 5.41) is 0. The van der Waals surface area contributed by atoms with Crippen LogP contribution in [-0.2, 0) is 0 Å². The third kappa shape index (κ3) is 4.46. The third-order valence-corrected chi connectivity index (χ3v) is 8.17. The number of nitrogens with zero attached hydrogens (tertiary/aromatic N) is 2. The Labute approximate surface area is 137 Å². The molecular weight excluding hydrogens is 306 g/mol. The summed E-state index contributed by atoms with van der Waals surface area (Å²) >= 11 is 0. The van der Waals surface area contributed by atoms with Crippen LogP contribution < -0.4 is 10.9 Å². The maximum Gasteiger partial charge on any atom is 0.0895 e. The minimum Gasteiger partial charge on any atom is -0.244 e. The zero-order chi connectivity index (χ0) is 15.9. The Balaban J connectivity index is 2.40. The summed E-state index contributed by atoms with van der Waals surface area (Å²) in [6, 6.07) is 8.33. The zero-order valence-corrected chi connectivity index (χ0v) is 16.1. The van der Waals surface area contributed by atoms with Gasteiger partial charge >= 0.3 is 0 Å². The molecule has 0 aliphatic heterocycles. The number of para-hydroxylation sites is 2. The van der Waals surface area contributed by atoms with Gasteiger partial charge in [-0.2, -0.15) is 0 Å². The fourth-order valence-corrected chi connectivity index (χ4v) is 6.86. The average Bonchev–Trinajstić information content (AvgIpc) is 2.56. The van der Waals surface area contributed by atoms with Crippen LogP contribution in [0.1, 0.15) is 39.5 Å². The van der Waals surface area contributed by atoms with Crippen LogP contribution >= 0.6 is 15.8 Å². The van der Waals surface area contributed by atoms with Crippen molar-refractivity contribution in [2.24, 2.45) is 0 Å². The second kappa shape index (κ2) is 8.90. The molecule has 0 fully saturated rings. The molecule has 0 aliphatic rings. The van der Waals surface area contributed by atoms with Gasteiger partial charge in [-0.15, -0.1) is 0 Å². The predicted octanol–water partition coefficient (Wildman–Crippen LogP) is 4.70. The Morgan fingerprint density at radius 2 is 1.18 bits per heavy atom. The van der Waals surface area contributed by atoms with Gasteiger partial charge in [0.2, 0.25) is 0 Å².